The van der Waals surface area contributed by atoms with Gasteiger partial charge < -0.3 is 15.4 Å². The van der Waals surface area contributed by atoms with E-state index in [0.717, 1.165) is 0 Å². The molecule has 0 spiro atoms. The maximum atomic E-state index is 12.9. The minimum atomic E-state index is -0.499. The number of carbonyl (C=O) groups is 2. The summed E-state index contributed by atoms with van der Waals surface area (Å²) in [7, 11) is 1.56. The third-order valence-electron chi connectivity index (χ3n) is 3.70. The maximum absolute atomic E-state index is 12.9. The van der Waals surface area contributed by atoms with E-state index in [0.29, 0.717) is 17.1 Å². The van der Waals surface area contributed by atoms with E-state index < -0.39 is 11.7 Å². The highest BCUT2D eigenvalue weighted by Gasteiger charge is 2.12. The summed E-state index contributed by atoms with van der Waals surface area (Å²) in [5.74, 6) is -0.598. The average Bonchev–Trinajstić information content (AvgIpc) is 2.70. The number of benzene rings is 2. The summed E-state index contributed by atoms with van der Waals surface area (Å²) in [4.78, 5) is 28.7. The third kappa shape index (κ3) is 4.66. The standard InChI is InChI=1S/C20H16FN3O3/c1-27-17-8-6-16(7-9-17)23-19(25)13-10-11-22-18(12-13)20(26)24-15-4-2-14(21)3-5-15/h2-12H,1H3,(H,23,25)(H,24,26). The van der Waals surface area contributed by atoms with E-state index in [9.17, 15) is 14.0 Å². The predicted octanol–water partition coefficient (Wildman–Crippen LogP) is 3.73. The quantitative estimate of drug-likeness (QED) is 0.722. The van der Waals surface area contributed by atoms with Crippen LogP contribution in [0, 0.1) is 5.82 Å². The molecule has 2 aromatic carbocycles. The molecule has 2 N–H and O–H groups in total. The van der Waals surface area contributed by atoms with Gasteiger partial charge in [-0.25, -0.2) is 4.39 Å². The van der Waals surface area contributed by atoms with Gasteiger partial charge >= 0.3 is 0 Å². The number of aromatic nitrogens is 1. The van der Waals surface area contributed by atoms with Gasteiger partial charge in [0.2, 0.25) is 0 Å². The molecule has 2 amide bonds. The zero-order chi connectivity index (χ0) is 19.2. The van der Waals surface area contributed by atoms with Gasteiger partial charge in [0.05, 0.1) is 7.11 Å². The number of nitrogens with one attached hydrogen (secondary N) is 2. The zero-order valence-corrected chi connectivity index (χ0v) is 14.4. The van der Waals surface area contributed by atoms with Crippen LogP contribution in [0.1, 0.15) is 20.8 Å². The second-order valence-corrected chi connectivity index (χ2v) is 5.57. The molecule has 0 saturated heterocycles. The first-order chi connectivity index (χ1) is 13.0. The Morgan fingerprint density at radius 2 is 1.48 bits per heavy atom. The van der Waals surface area contributed by atoms with Gasteiger partial charge in [-0.1, -0.05) is 0 Å². The Hall–Kier alpha value is -3.74. The molecule has 1 aromatic heterocycles. The lowest BCUT2D eigenvalue weighted by molar-refractivity contribution is 0.102. The Kier molecular flexibility index (Phi) is 5.41. The highest BCUT2D eigenvalue weighted by molar-refractivity contribution is 6.07. The summed E-state index contributed by atoms with van der Waals surface area (Å²) in [6.07, 6.45) is 1.38. The van der Waals surface area contributed by atoms with Crippen molar-refractivity contribution >= 4 is 23.2 Å². The van der Waals surface area contributed by atoms with Crippen molar-refractivity contribution in [2.45, 2.75) is 0 Å². The molecule has 136 valence electrons. The van der Waals surface area contributed by atoms with Crippen molar-refractivity contribution in [3.05, 3.63) is 83.9 Å². The van der Waals surface area contributed by atoms with Crippen LogP contribution in [0.2, 0.25) is 0 Å². The van der Waals surface area contributed by atoms with Crippen LogP contribution in [0.25, 0.3) is 0 Å². The van der Waals surface area contributed by atoms with E-state index in [1.54, 1.807) is 31.4 Å². The molecular formula is C20H16FN3O3. The molecule has 0 aliphatic heterocycles. The molecule has 0 unspecified atom stereocenters. The molecule has 6 nitrogen and oxygen atoms in total. The van der Waals surface area contributed by atoms with Gasteiger partial charge in [-0.15, -0.1) is 0 Å². The molecular weight excluding hydrogens is 349 g/mol. The third-order valence-corrected chi connectivity index (χ3v) is 3.70. The fourth-order valence-electron chi connectivity index (χ4n) is 2.30. The molecule has 3 aromatic rings. The first-order valence-corrected chi connectivity index (χ1v) is 8.03. The minimum absolute atomic E-state index is 0.0710. The topological polar surface area (TPSA) is 80.3 Å². The predicted molar refractivity (Wildman–Crippen MR) is 99.5 cm³/mol. The van der Waals surface area contributed by atoms with Crippen LogP contribution in [-0.4, -0.2) is 23.9 Å². The van der Waals surface area contributed by atoms with E-state index in [2.05, 4.69) is 15.6 Å². The fourth-order valence-corrected chi connectivity index (χ4v) is 2.30. The Morgan fingerprint density at radius 1 is 0.889 bits per heavy atom. The molecule has 3 rings (SSSR count). The lowest BCUT2D eigenvalue weighted by Crippen LogP contribution is -2.17. The molecule has 0 fully saturated rings. The molecule has 0 radical (unpaired) electrons. The largest absolute Gasteiger partial charge is 0.497 e. The zero-order valence-electron chi connectivity index (χ0n) is 14.4. The van der Waals surface area contributed by atoms with Crippen LogP contribution in [0.5, 0.6) is 5.75 Å². The van der Waals surface area contributed by atoms with Crippen molar-refractivity contribution in [2.75, 3.05) is 17.7 Å². The number of nitrogens with zero attached hydrogens (tertiary/aromatic N) is 1. The summed E-state index contributed by atoms with van der Waals surface area (Å²) in [5.41, 5.74) is 1.37. The van der Waals surface area contributed by atoms with Crippen LogP contribution < -0.4 is 15.4 Å². The Morgan fingerprint density at radius 3 is 2.11 bits per heavy atom. The Bertz CT molecular complexity index is 957. The van der Waals surface area contributed by atoms with E-state index in [1.807, 2.05) is 0 Å². The van der Waals surface area contributed by atoms with Gasteiger partial charge in [0.25, 0.3) is 11.8 Å². The van der Waals surface area contributed by atoms with Crippen LogP contribution in [0.3, 0.4) is 0 Å². The highest BCUT2D eigenvalue weighted by atomic mass is 19.1. The van der Waals surface area contributed by atoms with Crippen molar-refractivity contribution in [1.82, 2.24) is 4.98 Å². The molecule has 1 heterocycles. The minimum Gasteiger partial charge on any atom is -0.497 e. The lowest BCUT2D eigenvalue weighted by Gasteiger charge is -2.08. The summed E-state index contributed by atoms with van der Waals surface area (Å²) >= 11 is 0. The van der Waals surface area contributed by atoms with E-state index in [4.69, 9.17) is 4.74 Å². The van der Waals surface area contributed by atoms with Gasteiger partial charge in [0, 0.05) is 23.1 Å². The van der Waals surface area contributed by atoms with Crippen molar-refractivity contribution < 1.29 is 18.7 Å². The fraction of sp³-hybridized carbons (Fsp3) is 0.0500. The Balaban J connectivity index is 1.70. The lowest BCUT2D eigenvalue weighted by atomic mass is 10.2. The van der Waals surface area contributed by atoms with Gasteiger partial charge in [-0.3, -0.25) is 14.6 Å². The number of pyridine rings is 1. The van der Waals surface area contributed by atoms with Crippen LogP contribution in [0.15, 0.2) is 66.9 Å². The first kappa shape index (κ1) is 18.1. The van der Waals surface area contributed by atoms with Crippen molar-refractivity contribution in [3.8, 4) is 5.75 Å². The second-order valence-electron chi connectivity index (χ2n) is 5.57. The van der Waals surface area contributed by atoms with Gasteiger partial charge in [-0.05, 0) is 60.7 Å². The number of hydrogen-bond acceptors (Lipinski definition) is 4. The number of amides is 2. The number of rotatable bonds is 5. The molecule has 27 heavy (non-hydrogen) atoms. The van der Waals surface area contributed by atoms with E-state index >= 15 is 0 Å². The van der Waals surface area contributed by atoms with Crippen molar-refractivity contribution in [3.63, 3.8) is 0 Å². The number of carbonyl (C=O) groups excluding carboxylic acids is 2. The molecule has 0 saturated carbocycles. The van der Waals surface area contributed by atoms with E-state index in [1.165, 1.54) is 42.6 Å². The Labute approximate surface area is 155 Å². The normalized spacial score (nSPS) is 10.1. The number of methoxy groups -OCH3 is 1. The van der Waals surface area contributed by atoms with E-state index in [-0.39, 0.29) is 17.2 Å². The van der Waals surface area contributed by atoms with Crippen LogP contribution >= 0.6 is 0 Å². The summed E-state index contributed by atoms with van der Waals surface area (Å²) in [6, 6.07) is 15.1. The summed E-state index contributed by atoms with van der Waals surface area (Å²) in [6.45, 7) is 0. The number of hydrogen-bond donors (Lipinski definition) is 2. The van der Waals surface area contributed by atoms with Gasteiger partial charge in [0.15, 0.2) is 0 Å². The number of ether oxygens (including phenoxy) is 1. The summed E-state index contributed by atoms with van der Waals surface area (Å²) in [5, 5.41) is 5.34. The summed E-state index contributed by atoms with van der Waals surface area (Å²) < 4.78 is 18.0. The van der Waals surface area contributed by atoms with Gasteiger partial charge in [0.1, 0.15) is 17.3 Å². The monoisotopic (exact) mass is 365 g/mol. The molecule has 0 atom stereocenters. The first-order valence-electron chi connectivity index (χ1n) is 8.03. The average molecular weight is 365 g/mol. The van der Waals surface area contributed by atoms with Gasteiger partial charge in [-0.2, -0.15) is 0 Å². The molecule has 7 heteroatoms. The second kappa shape index (κ2) is 8.09. The molecule has 0 aliphatic carbocycles. The number of halogens is 1. The smallest absolute Gasteiger partial charge is 0.274 e. The molecule has 0 aliphatic rings. The van der Waals surface area contributed by atoms with Crippen LogP contribution in [-0.2, 0) is 0 Å². The van der Waals surface area contributed by atoms with Crippen LogP contribution in [0.4, 0.5) is 15.8 Å². The van der Waals surface area contributed by atoms with Crippen molar-refractivity contribution in [1.29, 1.82) is 0 Å². The van der Waals surface area contributed by atoms with Crippen molar-refractivity contribution in [2.24, 2.45) is 0 Å². The number of anilines is 2. The molecule has 0 bridgehead atoms. The maximum Gasteiger partial charge on any atom is 0.274 e. The SMILES string of the molecule is COc1ccc(NC(=O)c2ccnc(C(=O)Nc3ccc(F)cc3)c2)cc1. The highest BCUT2D eigenvalue weighted by Crippen LogP contribution is 2.16.